The number of amides is 1. The quantitative estimate of drug-likeness (QED) is 0.809. The number of halogens is 1. The summed E-state index contributed by atoms with van der Waals surface area (Å²) in [6, 6.07) is 0.183. The summed E-state index contributed by atoms with van der Waals surface area (Å²) in [4.78, 5) is 27.4. The van der Waals surface area contributed by atoms with Crippen LogP contribution in [0, 0.1) is 0 Å². The highest BCUT2D eigenvalue weighted by atomic mass is 35.5. The molecule has 1 aliphatic rings. The van der Waals surface area contributed by atoms with Crippen LogP contribution >= 0.6 is 11.6 Å². The van der Waals surface area contributed by atoms with Gasteiger partial charge in [-0.05, 0) is 24.9 Å². The van der Waals surface area contributed by atoms with E-state index in [1.54, 1.807) is 16.8 Å². The van der Waals surface area contributed by atoms with E-state index in [1.165, 1.54) is 0 Å². The fourth-order valence-corrected chi connectivity index (χ4v) is 1.96. The van der Waals surface area contributed by atoms with Gasteiger partial charge in [-0.15, -0.1) is 0 Å². The van der Waals surface area contributed by atoms with Gasteiger partial charge in [0.15, 0.2) is 0 Å². The van der Waals surface area contributed by atoms with E-state index in [9.17, 15) is 4.79 Å². The van der Waals surface area contributed by atoms with Crippen LogP contribution < -0.4 is 9.64 Å². The second-order valence-corrected chi connectivity index (χ2v) is 4.55. The second kappa shape index (κ2) is 6.01. The number of carbonyl (C=O) groups excluding carboxylic acids is 1. The van der Waals surface area contributed by atoms with Crippen LogP contribution in [0.25, 0.3) is 0 Å². The van der Waals surface area contributed by atoms with Crippen molar-refractivity contribution in [1.82, 2.24) is 19.9 Å². The summed E-state index contributed by atoms with van der Waals surface area (Å²) in [6.45, 7) is 3.94. The molecule has 19 heavy (non-hydrogen) atoms. The molecule has 1 fully saturated rings. The largest absolute Gasteiger partial charge is 0.464 e. The number of hydrogen-bond donors (Lipinski definition) is 0. The van der Waals surface area contributed by atoms with Crippen LogP contribution in [-0.2, 0) is 4.79 Å². The number of hydrogen-bond acceptors (Lipinski definition) is 6. The molecule has 0 unspecified atom stereocenters. The minimum atomic E-state index is 0.0343. The molecule has 2 heterocycles. The lowest BCUT2D eigenvalue weighted by Gasteiger charge is -2.19. The van der Waals surface area contributed by atoms with Crippen molar-refractivity contribution in [3.05, 3.63) is 5.28 Å². The van der Waals surface area contributed by atoms with E-state index in [1.807, 2.05) is 6.92 Å². The van der Waals surface area contributed by atoms with Crippen molar-refractivity contribution >= 4 is 23.5 Å². The van der Waals surface area contributed by atoms with Gasteiger partial charge in [0.25, 0.3) is 0 Å². The van der Waals surface area contributed by atoms with Crippen LogP contribution in [0.2, 0.25) is 5.28 Å². The van der Waals surface area contributed by atoms with Crippen molar-refractivity contribution in [2.45, 2.75) is 13.3 Å². The first-order valence-electron chi connectivity index (χ1n) is 6.13. The van der Waals surface area contributed by atoms with Gasteiger partial charge in [0.2, 0.25) is 17.1 Å². The highest BCUT2D eigenvalue weighted by Gasteiger charge is 2.22. The molecular weight excluding hydrogens is 270 g/mol. The molecule has 0 radical (unpaired) electrons. The third-order valence-corrected chi connectivity index (χ3v) is 2.97. The fraction of sp³-hybridized carbons (Fsp3) is 0.636. The Balaban J connectivity index is 2.22. The van der Waals surface area contributed by atoms with Crippen molar-refractivity contribution in [1.29, 1.82) is 0 Å². The molecule has 1 saturated heterocycles. The zero-order chi connectivity index (χ0) is 13.8. The lowest BCUT2D eigenvalue weighted by atomic mass is 10.4. The molecule has 0 N–H and O–H groups in total. The molecular formula is C11H16ClN5O2. The molecule has 0 atom stereocenters. The molecule has 2 rings (SSSR count). The van der Waals surface area contributed by atoms with E-state index in [4.69, 9.17) is 16.3 Å². The van der Waals surface area contributed by atoms with Crippen LogP contribution in [-0.4, -0.2) is 59.0 Å². The Bertz CT molecular complexity index is 470. The molecule has 104 valence electrons. The number of nitrogens with zero attached hydrogens (tertiary/aromatic N) is 5. The van der Waals surface area contributed by atoms with Gasteiger partial charge in [-0.1, -0.05) is 0 Å². The lowest BCUT2D eigenvalue weighted by molar-refractivity contribution is -0.127. The molecule has 1 amide bonds. The van der Waals surface area contributed by atoms with Gasteiger partial charge in [0.1, 0.15) is 0 Å². The average Bonchev–Trinajstić information content (AvgIpc) is 2.52. The monoisotopic (exact) mass is 285 g/mol. The Morgan fingerprint density at radius 1 is 1.32 bits per heavy atom. The Morgan fingerprint density at radius 2 is 2.11 bits per heavy atom. The third-order valence-electron chi connectivity index (χ3n) is 2.81. The van der Waals surface area contributed by atoms with Crippen molar-refractivity contribution in [2.24, 2.45) is 0 Å². The highest BCUT2D eigenvalue weighted by Crippen LogP contribution is 2.17. The predicted octanol–water partition coefficient (Wildman–Crippen LogP) is 0.592. The summed E-state index contributed by atoms with van der Waals surface area (Å²) in [5.74, 6) is 0.416. The molecule has 7 nitrogen and oxygen atoms in total. The van der Waals surface area contributed by atoms with E-state index in [-0.39, 0.29) is 23.7 Å². The van der Waals surface area contributed by atoms with E-state index in [2.05, 4.69) is 15.0 Å². The van der Waals surface area contributed by atoms with Gasteiger partial charge in [-0.25, -0.2) is 0 Å². The summed E-state index contributed by atoms with van der Waals surface area (Å²) in [5, 5.41) is 0.0681. The molecule has 8 heteroatoms. The molecule has 0 aromatic carbocycles. The van der Waals surface area contributed by atoms with Crippen LogP contribution in [0.4, 0.5) is 5.95 Å². The third kappa shape index (κ3) is 3.44. The Morgan fingerprint density at radius 3 is 2.84 bits per heavy atom. The highest BCUT2D eigenvalue weighted by molar-refractivity contribution is 6.28. The van der Waals surface area contributed by atoms with E-state index in [0.29, 0.717) is 19.1 Å². The molecule has 1 aromatic rings. The zero-order valence-electron chi connectivity index (χ0n) is 11.0. The summed E-state index contributed by atoms with van der Waals surface area (Å²) < 4.78 is 5.23. The van der Waals surface area contributed by atoms with E-state index >= 15 is 0 Å². The first-order valence-corrected chi connectivity index (χ1v) is 6.51. The van der Waals surface area contributed by atoms with E-state index < -0.39 is 0 Å². The lowest BCUT2D eigenvalue weighted by Crippen LogP contribution is -2.35. The minimum absolute atomic E-state index is 0.0343. The number of anilines is 1. The number of carbonyl (C=O) groups is 1. The SMILES string of the molecule is CCOc1nc(Cl)nc(N2CCCN(C)C(=O)C2)n1. The summed E-state index contributed by atoms with van der Waals surface area (Å²) in [6.07, 6.45) is 0.857. The van der Waals surface area contributed by atoms with Crippen LogP contribution in [0.3, 0.4) is 0 Å². The summed E-state index contributed by atoms with van der Waals surface area (Å²) in [7, 11) is 1.79. The molecule has 0 bridgehead atoms. The van der Waals surface area contributed by atoms with Crippen molar-refractivity contribution in [3.63, 3.8) is 0 Å². The fourth-order valence-electron chi connectivity index (χ4n) is 1.81. The summed E-state index contributed by atoms with van der Waals surface area (Å²) >= 11 is 5.85. The smallest absolute Gasteiger partial charge is 0.322 e. The minimum Gasteiger partial charge on any atom is -0.464 e. The summed E-state index contributed by atoms with van der Waals surface area (Å²) in [5.41, 5.74) is 0. The van der Waals surface area contributed by atoms with Crippen molar-refractivity contribution in [3.8, 4) is 6.01 Å². The zero-order valence-corrected chi connectivity index (χ0v) is 11.7. The molecule has 0 aliphatic carbocycles. The van der Waals surface area contributed by atoms with Gasteiger partial charge in [-0.2, -0.15) is 15.0 Å². The maximum Gasteiger partial charge on any atom is 0.322 e. The molecule has 1 aliphatic heterocycles. The van der Waals surface area contributed by atoms with Crippen LogP contribution in [0.1, 0.15) is 13.3 Å². The van der Waals surface area contributed by atoms with Crippen LogP contribution in [0.5, 0.6) is 6.01 Å². The van der Waals surface area contributed by atoms with Gasteiger partial charge in [0, 0.05) is 20.1 Å². The topological polar surface area (TPSA) is 71.5 Å². The van der Waals surface area contributed by atoms with Crippen LogP contribution in [0.15, 0.2) is 0 Å². The second-order valence-electron chi connectivity index (χ2n) is 4.21. The first-order chi connectivity index (χ1) is 9.10. The maximum atomic E-state index is 11.8. The Hall–Kier alpha value is -1.63. The normalized spacial score (nSPS) is 16.5. The maximum absolute atomic E-state index is 11.8. The number of rotatable bonds is 3. The van der Waals surface area contributed by atoms with Gasteiger partial charge < -0.3 is 14.5 Å². The van der Waals surface area contributed by atoms with Crippen molar-refractivity contribution in [2.75, 3.05) is 38.2 Å². The molecule has 1 aromatic heterocycles. The predicted molar refractivity (Wildman–Crippen MR) is 70.5 cm³/mol. The standard InChI is InChI=1S/C11H16ClN5O2/c1-3-19-11-14-9(12)13-10(15-11)17-6-4-5-16(2)8(18)7-17/h3-7H2,1-2H3. The number of ether oxygens (including phenoxy) is 1. The van der Waals surface area contributed by atoms with Crippen molar-refractivity contribution < 1.29 is 9.53 Å². The van der Waals surface area contributed by atoms with Gasteiger partial charge in [0.05, 0.1) is 13.2 Å². The van der Waals surface area contributed by atoms with Gasteiger partial charge in [-0.3, -0.25) is 4.79 Å². The Labute approximate surface area is 116 Å². The molecule has 0 saturated carbocycles. The number of aromatic nitrogens is 3. The van der Waals surface area contributed by atoms with E-state index in [0.717, 1.165) is 13.0 Å². The number of likely N-dealkylation sites (N-methyl/N-ethyl adjacent to an activating group) is 1. The van der Waals surface area contributed by atoms with Gasteiger partial charge >= 0.3 is 6.01 Å². The Kier molecular flexibility index (Phi) is 4.36. The first kappa shape index (κ1) is 13.8. The molecule has 0 spiro atoms. The average molecular weight is 286 g/mol.